The number of carbonyl (C=O) groups excluding carboxylic acids is 2. The second-order valence-corrected chi connectivity index (χ2v) is 2.96. The molecular weight excluding hydrogens is 186 g/mol. The van der Waals surface area contributed by atoms with Gasteiger partial charge in [0.15, 0.2) is 5.69 Å². The Hall–Kier alpha value is -1.85. The number of amides is 2. The van der Waals surface area contributed by atoms with Crippen LogP contribution < -0.4 is 5.32 Å². The molecule has 0 saturated carbocycles. The molecule has 1 N–H and O–H groups in total. The van der Waals surface area contributed by atoms with E-state index in [1.54, 1.807) is 0 Å². The normalized spacial score (nSPS) is 16.6. The van der Waals surface area contributed by atoms with Gasteiger partial charge >= 0.3 is 0 Å². The molecule has 2 amide bonds. The lowest BCUT2D eigenvalue weighted by atomic mass is 10.3. The van der Waals surface area contributed by atoms with Crippen molar-refractivity contribution in [2.75, 3.05) is 19.6 Å². The summed E-state index contributed by atoms with van der Waals surface area (Å²) in [6.07, 6.45) is 1.33. The highest BCUT2D eigenvalue weighted by Crippen LogP contribution is 2.03. The average Bonchev–Trinajstić information content (AvgIpc) is 2.69. The summed E-state index contributed by atoms with van der Waals surface area (Å²) in [7, 11) is 0. The number of carbonyl (C=O) groups is 2. The number of hydrogen-bond acceptors (Lipinski definition) is 4. The lowest BCUT2D eigenvalue weighted by Crippen LogP contribution is -2.50. The van der Waals surface area contributed by atoms with Crippen LogP contribution in [0.5, 0.6) is 0 Å². The van der Waals surface area contributed by atoms with Crippen molar-refractivity contribution in [1.82, 2.24) is 15.4 Å². The van der Waals surface area contributed by atoms with Crippen LogP contribution in [0.1, 0.15) is 10.5 Å². The molecule has 74 valence electrons. The highest BCUT2D eigenvalue weighted by molar-refractivity contribution is 5.95. The van der Waals surface area contributed by atoms with Crippen LogP contribution in [0.2, 0.25) is 0 Å². The highest BCUT2D eigenvalue weighted by Gasteiger charge is 2.23. The molecule has 0 radical (unpaired) electrons. The largest absolute Gasteiger partial charge is 0.364 e. The van der Waals surface area contributed by atoms with Gasteiger partial charge in [-0.1, -0.05) is 5.16 Å². The van der Waals surface area contributed by atoms with E-state index >= 15 is 0 Å². The first-order chi connectivity index (χ1) is 6.77. The fourth-order valence-corrected chi connectivity index (χ4v) is 1.30. The van der Waals surface area contributed by atoms with E-state index in [0.29, 0.717) is 13.1 Å². The van der Waals surface area contributed by atoms with Crippen LogP contribution in [0.15, 0.2) is 16.9 Å². The van der Waals surface area contributed by atoms with Crippen molar-refractivity contribution in [1.29, 1.82) is 0 Å². The van der Waals surface area contributed by atoms with Crippen molar-refractivity contribution in [2.24, 2.45) is 0 Å². The third-order valence-corrected chi connectivity index (χ3v) is 1.98. The Balaban J connectivity index is 2.08. The summed E-state index contributed by atoms with van der Waals surface area (Å²) in [5, 5.41) is 6.15. The van der Waals surface area contributed by atoms with Gasteiger partial charge in [0.05, 0.1) is 6.54 Å². The predicted molar refractivity (Wildman–Crippen MR) is 45.4 cm³/mol. The van der Waals surface area contributed by atoms with E-state index in [2.05, 4.69) is 15.0 Å². The van der Waals surface area contributed by atoms with E-state index in [9.17, 15) is 9.59 Å². The molecule has 0 unspecified atom stereocenters. The van der Waals surface area contributed by atoms with Crippen LogP contribution in [-0.2, 0) is 4.79 Å². The average molecular weight is 195 g/mol. The number of hydrogen-bond donors (Lipinski definition) is 1. The van der Waals surface area contributed by atoms with E-state index in [-0.39, 0.29) is 24.1 Å². The van der Waals surface area contributed by atoms with Crippen LogP contribution in [0.25, 0.3) is 0 Å². The minimum absolute atomic E-state index is 0.0890. The molecular formula is C8H9N3O3. The Bertz CT molecular complexity index is 347. The van der Waals surface area contributed by atoms with Gasteiger partial charge in [-0.15, -0.1) is 0 Å². The molecule has 0 aromatic carbocycles. The standard InChI is InChI=1S/C8H9N3O3/c12-7-5-11(3-2-9-7)8(13)6-1-4-14-10-6/h1,4H,2-3,5H2,(H,9,12). The number of nitrogens with one attached hydrogen (secondary N) is 1. The van der Waals surface area contributed by atoms with E-state index in [4.69, 9.17) is 0 Å². The molecule has 1 saturated heterocycles. The Morgan fingerprint density at radius 1 is 1.64 bits per heavy atom. The van der Waals surface area contributed by atoms with Gasteiger partial charge in [-0.2, -0.15) is 0 Å². The van der Waals surface area contributed by atoms with E-state index in [1.807, 2.05) is 0 Å². The number of rotatable bonds is 1. The Labute approximate surface area is 79.8 Å². The monoisotopic (exact) mass is 195 g/mol. The summed E-state index contributed by atoms with van der Waals surface area (Å²) in [5.74, 6) is -0.415. The maximum Gasteiger partial charge on any atom is 0.276 e. The maximum absolute atomic E-state index is 11.6. The summed E-state index contributed by atoms with van der Waals surface area (Å²) in [4.78, 5) is 24.1. The van der Waals surface area contributed by atoms with Gasteiger partial charge in [0.2, 0.25) is 5.91 Å². The number of aromatic nitrogens is 1. The zero-order chi connectivity index (χ0) is 9.97. The molecule has 1 aromatic heterocycles. The summed E-state index contributed by atoms with van der Waals surface area (Å²) >= 11 is 0. The van der Waals surface area contributed by atoms with E-state index in [0.717, 1.165) is 0 Å². The molecule has 2 heterocycles. The highest BCUT2D eigenvalue weighted by atomic mass is 16.5. The summed E-state index contributed by atoms with van der Waals surface area (Å²) in [6.45, 7) is 1.09. The molecule has 1 aliphatic rings. The van der Waals surface area contributed by atoms with Crippen LogP contribution in [0.3, 0.4) is 0 Å². The molecule has 0 bridgehead atoms. The van der Waals surface area contributed by atoms with Crippen molar-refractivity contribution >= 4 is 11.8 Å². The molecule has 0 spiro atoms. The minimum atomic E-state index is -0.270. The molecule has 0 atom stereocenters. The first kappa shape index (κ1) is 8.74. The number of piperazine rings is 1. The lowest BCUT2D eigenvalue weighted by molar-refractivity contribution is -0.123. The number of nitrogens with zero attached hydrogens (tertiary/aromatic N) is 2. The summed E-state index contributed by atoms with van der Waals surface area (Å²) in [5.41, 5.74) is 0.236. The maximum atomic E-state index is 11.6. The van der Waals surface area contributed by atoms with Crippen molar-refractivity contribution in [3.8, 4) is 0 Å². The van der Waals surface area contributed by atoms with E-state index < -0.39 is 0 Å². The molecule has 6 heteroatoms. The zero-order valence-electron chi connectivity index (χ0n) is 7.40. The Morgan fingerprint density at radius 2 is 2.50 bits per heavy atom. The first-order valence-corrected chi connectivity index (χ1v) is 4.24. The van der Waals surface area contributed by atoms with E-state index in [1.165, 1.54) is 17.2 Å². The summed E-state index contributed by atoms with van der Waals surface area (Å²) in [6, 6.07) is 1.48. The minimum Gasteiger partial charge on any atom is -0.364 e. The van der Waals surface area contributed by atoms with Gasteiger partial charge in [-0.25, -0.2) is 0 Å². The van der Waals surface area contributed by atoms with Crippen molar-refractivity contribution < 1.29 is 14.1 Å². The van der Waals surface area contributed by atoms with Gasteiger partial charge in [0.1, 0.15) is 6.26 Å². The van der Waals surface area contributed by atoms with Gasteiger partial charge in [0.25, 0.3) is 5.91 Å². The first-order valence-electron chi connectivity index (χ1n) is 4.24. The smallest absolute Gasteiger partial charge is 0.276 e. The molecule has 1 aliphatic heterocycles. The topological polar surface area (TPSA) is 75.4 Å². The molecule has 1 aromatic rings. The van der Waals surface area contributed by atoms with Gasteiger partial charge in [0, 0.05) is 19.2 Å². The SMILES string of the molecule is O=C1CN(C(=O)c2ccon2)CCN1. The van der Waals surface area contributed by atoms with Crippen molar-refractivity contribution in [3.05, 3.63) is 18.0 Å². The lowest BCUT2D eigenvalue weighted by Gasteiger charge is -2.25. The van der Waals surface area contributed by atoms with Gasteiger partial charge in [-0.05, 0) is 0 Å². The van der Waals surface area contributed by atoms with Gasteiger partial charge < -0.3 is 14.7 Å². The predicted octanol–water partition coefficient (Wildman–Crippen LogP) is -0.753. The van der Waals surface area contributed by atoms with Gasteiger partial charge in [-0.3, -0.25) is 9.59 Å². The fraction of sp³-hybridized carbons (Fsp3) is 0.375. The van der Waals surface area contributed by atoms with Crippen LogP contribution in [-0.4, -0.2) is 41.5 Å². The Kier molecular flexibility index (Phi) is 2.18. The van der Waals surface area contributed by atoms with Crippen LogP contribution in [0, 0.1) is 0 Å². The molecule has 6 nitrogen and oxygen atoms in total. The third-order valence-electron chi connectivity index (χ3n) is 1.98. The van der Waals surface area contributed by atoms with Crippen LogP contribution >= 0.6 is 0 Å². The molecule has 14 heavy (non-hydrogen) atoms. The van der Waals surface area contributed by atoms with Crippen molar-refractivity contribution in [3.63, 3.8) is 0 Å². The van der Waals surface area contributed by atoms with Crippen LogP contribution in [0.4, 0.5) is 0 Å². The Morgan fingerprint density at radius 3 is 3.14 bits per heavy atom. The quantitative estimate of drug-likeness (QED) is 0.639. The fourth-order valence-electron chi connectivity index (χ4n) is 1.30. The molecule has 1 fully saturated rings. The summed E-state index contributed by atoms with van der Waals surface area (Å²) < 4.78 is 4.56. The second-order valence-electron chi connectivity index (χ2n) is 2.96. The third kappa shape index (κ3) is 1.59. The second kappa shape index (κ2) is 3.49. The molecule has 2 rings (SSSR count). The zero-order valence-corrected chi connectivity index (χ0v) is 7.40. The van der Waals surface area contributed by atoms with Crippen molar-refractivity contribution in [2.45, 2.75) is 0 Å². The molecule has 0 aliphatic carbocycles.